The van der Waals surface area contributed by atoms with Crippen molar-refractivity contribution in [2.45, 2.75) is 25.3 Å². The maximum atomic E-state index is 13.7. The molecule has 2 aromatic carbocycles. The van der Waals surface area contributed by atoms with Crippen LogP contribution in [-0.2, 0) is 14.3 Å². The van der Waals surface area contributed by atoms with Gasteiger partial charge in [-0.2, -0.15) is 5.10 Å². The quantitative estimate of drug-likeness (QED) is 0.540. The average molecular weight is 491 g/mol. The Kier molecular flexibility index (Phi) is 7.63. The predicted octanol–water partition coefficient (Wildman–Crippen LogP) is 2.94. The van der Waals surface area contributed by atoms with Crippen molar-refractivity contribution in [2.24, 2.45) is 11.0 Å². The first kappa shape index (κ1) is 24.5. The van der Waals surface area contributed by atoms with Gasteiger partial charge in [-0.15, -0.1) is 0 Å². The SMILES string of the molecule is COc1ccc(C2=NN(C(=O)CN(CCN3CCOCC3)C(=O)C3CC3)[C@@H](c3ccccc3)C2)cc1. The van der Waals surface area contributed by atoms with Crippen LogP contribution in [0.1, 0.15) is 36.4 Å². The standard InChI is InChI=1S/C28H34N4O4/c1-35-24-11-9-21(10-12-24)25-19-26(22-5-3-2-4-6-22)32(29-25)27(33)20-31(28(34)23-7-8-23)14-13-30-15-17-36-18-16-30/h2-6,9-12,23,26H,7-8,13-20H2,1H3/t26-/m1/s1. The van der Waals surface area contributed by atoms with Gasteiger partial charge in [0.15, 0.2) is 0 Å². The van der Waals surface area contributed by atoms with E-state index in [1.807, 2.05) is 54.6 Å². The number of hydrogen-bond donors (Lipinski definition) is 0. The van der Waals surface area contributed by atoms with E-state index in [0.29, 0.717) is 26.2 Å². The zero-order valence-corrected chi connectivity index (χ0v) is 20.8. The molecule has 0 N–H and O–H groups in total. The van der Waals surface area contributed by atoms with Crippen molar-refractivity contribution < 1.29 is 19.1 Å². The first-order valence-electron chi connectivity index (χ1n) is 12.8. The molecule has 0 bridgehead atoms. The van der Waals surface area contributed by atoms with Crippen LogP contribution in [0.2, 0.25) is 0 Å². The van der Waals surface area contributed by atoms with E-state index >= 15 is 0 Å². The molecule has 2 amide bonds. The summed E-state index contributed by atoms with van der Waals surface area (Å²) in [5.74, 6) is 0.776. The van der Waals surface area contributed by atoms with Crippen molar-refractivity contribution in [3.8, 4) is 5.75 Å². The summed E-state index contributed by atoms with van der Waals surface area (Å²) in [5.41, 5.74) is 2.85. The van der Waals surface area contributed by atoms with Crippen molar-refractivity contribution in [1.29, 1.82) is 0 Å². The molecule has 1 atom stereocenters. The summed E-state index contributed by atoms with van der Waals surface area (Å²) in [4.78, 5) is 30.8. The molecule has 0 radical (unpaired) electrons. The molecular formula is C28H34N4O4. The lowest BCUT2D eigenvalue weighted by Gasteiger charge is -2.31. The summed E-state index contributed by atoms with van der Waals surface area (Å²) in [7, 11) is 1.64. The fourth-order valence-corrected chi connectivity index (χ4v) is 4.81. The number of morpholine rings is 1. The van der Waals surface area contributed by atoms with Crippen LogP contribution in [0.25, 0.3) is 0 Å². The van der Waals surface area contributed by atoms with Crippen LogP contribution in [0, 0.1) is 5.92 Å². The number of benzene rings is 2. The van der Waals surface area contributed by atoms with Crippen LogP contribution in [0.3, 0.4) is 0 Å². The van der Waals surface area contributed by atoms with Crippen LogP contribution < -0.4 is 4.74 Å². The summed E-state index contributed by atoms with van der Waals surface area (Å²) >= 11 is 0. The summed E-state index contributed by atoms with van der Waals surface area (Å²) in [6.45, 7) is 4.48. The lowest BCUT2D eigenvalue weighted by molar-refractivity contribution is -0.142. The molecule has 8 nitrogen and oxygen atoms in total. The Morgan fingerprint density at radius 2 is 1.78 bits per heavy atom. The third kappa shape index (κ3) is 5.77. The molecule has 3 aliphatic rings. The van der Waals surface area contributed by atoms with E-state index in [-0.39, 0.29) is 30.3 Å². The van der Waals surface area contributed by atoms with Crippen LogP contribution in [-0.4, -0.2) is 85.4 Å². The normalized spacial score (nSPS) is 20.2. The summed E-state index contributed by atoms with van der Waals surface area (Å²) in [6, 6.07) is 17.5. The van der Waals surface area contributed by atoms with Crippen LogP contribution in [0.5, 0.6) is 5.75 Å². The average Bonchev–Trinajstić information content (AvgIpc) is 3.69. The third-order valence-electron chi connectivity index (χ3n) is 7.13. The van der Waals surface area contributed by atoms with Gasteiger partial charge in [0, 0.05) is 38.5 Å². The van der Waals surface area contributed by atoms with E-state index in [0.717, 1.165) is 55.1 Å². The van der Waals surface area contributed by atoms with Gasteiger partial charge >= 0.3 is 0 Å². The second-order valence-electron chi connectivity index (χ2n) is 9.63. The van der Waals surface area contributed by atoms with Crippen LogP contribution in [0.4, 0.5) is 0 Å². The summed E-state index contributed by atoms with van der Waals surface area (Å²) in [6.07, 6.45) is 2.45. The molecule has 1 aliphatic carbocycles. The lowest BCUT2D eigenvalue weighted by atomic mass is 9.98. The monoisotopic (exact) mass is 490 g/mol. The molecule has 2 heterocycles. The van der Waals surface area contributed by atoms with E-state index < -0.39 is 0 Å². The number of rotatable bonds is 9. The molecule has 1 saturated heterocycles. The predicted molar refractivity (Wildman–Crippen MR) is 137 cm³/mol. The number of carbonyl (C=O) groups is 2. The van der Waals surface area contributed by atoms with Crippen LogP contribution in [0.15, 0.2) is 59.7 Å². The molecular weight excluding hydrogens is 456 g/mol. The highest BCUT2D eigenvalue weighted by Crippen LogP contribution is 2.34. The Balaban J connectivity index is 1.34. The molecule has 8 heteroatoms. The van der Waals surface area contributed by atoms with Crippen molar-refractivity contribution >= 4 is 17.5 Å². The number of nitrogens with zero attached hydrogens (tertiary/aromatic N) is 4. The number of hydrogen-bond acceptors (Lipinski definition) is 6. The van der Waals surface area contributed by atoms with E-state index in [9.17, 15) is 9.59 Å². The zero-order chi connectivity index (χ0) is 24.9. The van der Waals surface area contributed by atoms with E-state index in [1.54, 1.807) is 17.0 Å². The van der Waals surface area contributed by atoms with E-state index in [1.165, 1.54) is 0 Å². The van der Waals surface area contributed by atoms with E-state index in [2.05, 4.69) is 4.90 Å². The van der Waals surface area contributed by atoms with Gasteiger partial charge in [-0.05, 0) is 48.2 Å². The van der Waals surface area contributed by atoms with Crippen molar-refractivity contribution in [3.63, 3.8) is 0 Å². The Hall–Kier alpha value is -3.23. The van der Waals surface area contributed by atoms with E-state index in [4.69, 9.17) is 14.6 Å². The lowest BCUT2D eigenvalue weighted by Crippen LogP contribution is -2.47. The highest BCUT2D eigenvalue weighted by Gasteiger charge is 2.37. The molecule has 2 aliphatic heterocycles. The fourth-order valence-electron chi connectivity index (χ4n) is 4.81. The maximum absolute atomic E-state index is 13.7. The Labute approximate surface area is 212 Å². The second kappa shape index (κ2) is 11.2. The largest absolute Gasteiger partial charge is 0.497 e. The van der Waals surface area contributed by atoms with Gasteiger partial charge in [-0.25, -0.2) is 5.01 Å². The van der Waals surface area contributed by atoms with Gasteiger partial charge < -0.3 is 14.4 Å². The van der Waals surface area contributed by atoms with Gasteiger partial charge in [0.2, 0.25) is 5.91 Å². The molecule has 0 aromatic heterocycles. The Morgan fingerprint density at radius 3 is 2.44 bits per heavy atom. The molecule has 0 unspecified atom stereocenters. The highest BCUT2D eigenvalue weighted by molar-refractivity contribution is 6.03. The number of methoxy groups -OCH3 is 1. The second-order valence-corrected chi connectivity index (χ2v) is 9.63. The number of amides is 2. The molecule has 1 saturated carbocycles. The number of carbonyl (C=O) groups excluding carboxylic acids is 2. The van der Waals surface area contributed by atoms with Crippen molar-refractivity contribution in [2.75, 3.05) is 53.0 Å². The first-order valence-corrected chi connectivity index (χ1v) is 12.8. The maximum Gasteiger partial charge on any atom is 0.262 e. The van der Waals surface area contributed by atoms with Crippen LogP contribution >= 0.6 is 0 Å². The first-order chi connectivity index (χ1) is 17.6. The van der Waals surface area contributed by atoms with Gasteiger partial charge in [-0.3, -0.25) is 14.5 Å². The zero-order valence-electron chi connectivity index (χ0n) is 20.8. The minimum absolute atomic E-state index is 0.0440. The van der Waals surface area contributed by atoms with Crippen molar-refractivity contribution in [3.05, 3.63) is 65.7 Å². The van der Waals surface area contributed by atoms with Gasteiger partial charge in [0.25, 0.3) is 5.91 Å². The minimum atomic E-state index is -0.201. The van der Waals surface area contributed by atoms with Gasteiger partial charge in [0.05, 0.1) is 32.1 Å². The van der Waals surface area contributed by atoms with Crippen molar-refractivity contribution in [1.82, 2.24) is 14.8 Å². The molecule has 0 spiro atoms. The third-order valence-corrected chi connectivity index (χ3v) is 7.13. The van der Waals surface area contributed by atoms with Gasteiger partial charge in [-0.1, -0.05) is 30.3 Å². The number of ether oxygens (including phenoxy) is 2. The summed E-state index contributed by atoms with van der Waals surface area (Å²) in [5, 5.41) is 6.38. The molecule has 2 fully saturated rings. The Morgan fingerprint density at radius 1 is 1.06 bits per heavy atom. The smallest absolute Gasteiger partial charge is 0.262 e. The molecule has 2 aromatic rings. The highest BCUT2D eigenvalue weighted by atomic mass is 16.5. The molecule has 190 valence electrons. The van der Waals surface area contributed by atoms with Gasteiger partial charge in [0.1, 0.15) is 12.3 Å². The minimum Gasteiger partial charge on any atom is -0.497 e. The molecule has 36 heavy (non-hydrogen) atoms. The molecule has 5 rings (SSSR count). The Bertz CT molecular complexity index is 1080. The number of hydrazone groups is 1. The topological polar surface area (TPSA) is 74.7 Å². The summed E-state index contributed by atoms with van der Waals surface area (Å²) < 4.78 is 10.7. The fraction of sp³-hybridized carbons (Fsp3) is 0.464.